The van der Waals surface area contributed by atoms with Crippen LogP contribution in [0.1, 0.15) is 29.9 Å². The molecule has 0 bridgehead atoms. The maximum atomic E-state index is 13.1. The van der Waals surface area contributed by atoms with Crippen LogP contribution in [0.5, 0.6) is 0 Å². The summed E-state index contributed by atoms with van der Waals surface area (Å²) in [5.74, 6) is -0.442. The fourth-order valence-corrected chi connectivity index (χ4v) is 4.62. The number of imide groups is 1. The molecule has 0 atom stereocenters. The molecule has 2 aromatic rings. The minimum atomic E-state index is -0.226. The molecule has 2 amide bonds. The zero-order valence-corrected chi connectivity index (χ0v) is 15.8. The lowest BCUT2D eigenvalue weighted by Gasteiger charge is -2.16. The van der Waals surface area contributed by atoms with Gasteiger partial charge in [-0.05, 0) is 48.6 Å². The Labute approximate surface area is 150 Å². The minimum absolute atomic E-state index is 0.216. The molecule has 24 heavy (non-hydrogen) atoms. The first-order valence-corrected chi connectivity index (χ1v) is 9.56. The zero-order chi connectivity index (χ0) is 17.4. The van der Waals surface area contributed by atoms with E-state index in [9.17, 15) is 9.59 Å². The number of thioether (sulfide) groups is 1. The van der Waals surface area contributed by atoms with Crippen LogP contribution in [0.4, 0.5) is 5.69 Å². The van der Waals surface area contributed by atoms with E-state index in [1.54, 1.807) is 0 Å². The van der Waals surface area contributed by atoms with Gasteiger partial charge in [0, 0.05) is 10.1 Å². The molecular weight excluding hydrogens is 338 g/mol. The number of carbonyl (C=O) groups excluding carboxylic acids is 2. The van der Waals surface area contributed by atoms with Gasteiger partial charge in [0.05, 0.1) is 16.2 Å². The second kappa shape index (κ2) is 6.57. The molecule has 5 heteroatoms. The van der Waals surface area contributed by atoms with E-state index in [2.05, 4.69) is 0 Å². The standard InChI is InChI=1S/C19H19NO2S2/c1-11(2)24-17-16(15-6-5-7-23-15)18(21)20(19(17)22)14-9-12(3)8-13(4)10-14/h5-11H,1-4H3. The van der Waals surface area contributed by atoms with Gasteiger partial charge in [0.2, 0.25) is 0 Å². The van der Waals surface area contributed by atoms with E-state index >= 15 is 0 Å². The van der Waals surface area contributed by atoms with E-state index in [1.807, 2.05) is 63.4 Å². The summed E-state index contributed by atoms with van der Waals surface area (Å²) in [5, 5.41) is 2.16. The predicted molar refractivity (Wildman–Crippen MR) is 102 cm³/mol. The Kier molecular flexibility index (Phi) is 4.65. The van der Waals surface area contributed by atoms with Crippen LogP contribution in [0, 0.1) is 13.8 Å². The Balaban J connectivity index is 2.11. The average molecular weight is 358 g/mol. The van der Waals surface area contributed by atoms with Crippen LogP contribution in [0.3, 0.4) is 0 Å². The van der Waals surface area contributed by atoms with Crippen molar-refractivity contribution in [2.75, 3.05) is 4.90 Å². The van der Waals surface area contributed by atoms with Gasteiger partial charge in [-0.25, -0.2) is 4.90 Å². The van der Waals surface area contributed by atoms with Gasteiger partial charge in [-0.1, -0.05) is 26.0 Å². The number of benzene rings is 1. The molecule has 3 rings (SSSR count). The molecule has 124 valence electrons. The zero-order valence-electron chi connectivity index (χ0n) is 14.1. The number of anilines is 1. The van der Waals surface area contributed by atoms with Crippen LogP contribution in [-0.4, -0.2) is 17.1 Å². The maximum Gasteiger partial charge on any atom is 0.272 e. The number of amides is 2. The Hall–Kier alpha value is -1.85. The Bertz CT molecular complexity index is 815. The molecule has 1 aliphatic heterocycles. The van der Waals surface area contributed by atoms with Crippen molar-refractivity contribution < 1.29 is 9.59 Å². The summed E-state index contributed by atoms with van der Waals surface area (Å²) in [6.45, 7) is 8.00. The van der Waals surface area contributed by atoms with Gasteiger partial charge in [0.15, 0.2) is 0 Å². The van der Waals surface area contributed by atoms with Gasteiger partial charge >= 0.3 is 0 Å². The van der Waals surface area contributed by atoms with E-state index < -0.39 is 0 Å². The molecule has 1 aromatic heterocycles. The van der Waals surface area contributed by atoms with Crippen molar-refractivity contribution in [3.05, 3.63) is 56.6 Å². The highest BCUT2D eigenvalue weighted by Gasteiger charge is 2.41. The third-order valence-electron chi connectivity index (χ3n) is 3.63. The van der Waals surface area contributed by atoms with Gasteiger partial charge in [-0.15, -0.1) is 23.1 Å². The van der Waals surface area contributed by atoms with E-state index in [-0.39, 0.29) is 17.1 Å². The van der Waals surface area contributed by atoms with Crippen LogP contribution in [0.2, 0.25) is 0 Å². The number of carbonyl (C=O) groups is 2. The molecular formula is C19H19NO2S2. The largest absolute Gasteiger partial charge is 0.272 e. The summed E-state index contributed by atoms with van der Waals surface area (Å²) in [6.07, 6.45) is 0. The van der Waals surface area contributed by atoms with E-state index in [0.29, 0.717) is 16.2 Å². The van der Waals surface area contributed by atoms with Crippen LogP contribution < -0.4 is 4.90 Å². The molecule has 0 unspecified atom stereocenters. The van der Waals surface area contributed by atoms with Crippen LogP contribution in [0.15, 0.2) is 40.6 Å². The summed E-state index contributed by atoms with van der Waals surface area (Å²) in [6, 6.07) is 9.61. The molecule has 0 radical (unpaired) electrons. The van der Waals surface area contributed by atoms with Crippen molar-refractivity contribution in [3.8, 4) is 0 Å². The SMILES string of the molecule is Cc1cc(C)cc(N2C(=O)C(SC(C)C)=C(c3cccs3)C2=O)c1. The third kappa shape index (κ3) is 3.06. The molecule has 1 aromatic carbocycles. The van der Waals surface area contributed by atoms with Crippen molar-refractivity contribution in [2.45, 2.75) is 32.9 Å². The Morgan fingerprint density at radius 3 is 2.25 bits per heavy atom. The average Bonchev–Trinajstić information content (AvgIpc) is 3.05. The fraction of sp³-hybridized carbons (Fsp3) is 0.263. The number of hydrogen-bond donors (Lipinski definition) is 0. The van der Waals surface area contributed by atoms with Crippen LogP contribution in [-0.2, 0) is 9.59 Å². The first-order chi connectivity index (χ1) is 11.4. The minimum Gasteiger partial charge on any atom is -0.268 e. The number of hydrogen-bond acceptors (Lipinski definition) is 4. The topological polar surface area (TPSA) is 37.4 Å². The van der Waals surface area contributed by atoms with Gasteiger partial charge in [-0.2, -0.15) is 0 Å². The molecule has 0 spiro atoms. The molecule has 0 N–H and O–H groups in total. The number of aryl methyl sites for hydroxylation is 2. The Morgan fingerprint density at radius 2 is 1.71 bits per heavy atom. The van der Waals surface area contributed by atoms with Gasteiger partial charge in [-0.3, -0.25) is 9.59 Å². The second-order valence-electron chi connectivity index (χ2n) is 6.14. The number of rotatable bonds is 4. The maximum absolute atomic E-state index is 13.1. The highest BCUT2D eigenvalue weighted by atomic mass is 32.2. The number of nitrogens with zero attached hydrogens (tertiary/aromatic N) is 1. The molecule has 0 fully saturated rings. The van der Waals surface area contributed by atoms with Gasteiger partial charge in [0.25, 0.3) is 11.8 Å². The quantitative estimate of drug-likeness (QED) is 0.738. The third-order valence-corrected chi connectivity index (χ3v) is 5.60. The van der Waals surface area contributed by atoms with Crippen molar-refractivity contribution in [1.29, 1.82) is 0 Å². The van der Waals surface area contributed by atoms with Crippen molar-refractivity contribution in [1.82, 2.24) is 0 Å². The number of thiophene rings is 1. The fourth-order valence-electron chi connectivity index (χ4n) is 2.81. The predicted octanol–water partition coefficient (Wildman–Crippen LogP) is 4.79. The summed E-state index contributed by atoms with van der Waals surface area (Å²) in [7, 11) is 0. The van der Waals surface area contributed by atoms with Crippen molar-refractivity contribution >= 4 is 46.2 Å². The Morgan fingerprint density at radius 1 is 1.04 bits per heavy atom. The first-order valence-electron chi connectivity index (χ1n) is 7.80. The van der Waals surface area contributed by atoms with Gasteiger partial charge < -0.3 is 0 Å². The van der Waals surface area contributed by atoms with Crippen LogP contribution >= 0.6 is 23.1 Å². The highest BCUT2D eigenvalue weighted by molar-refractivity contribution is 8.04. The summed E-state index contributed by atoms with van der Waals surface area (Å²) < 4.78 is 0. The summed E-state index contributed by atoms with van der Waals surface area (Å²) in [5.41, 5.74) is 3.25. The second-order valence-corrected chi connectivity index (χ2v) is 8.67. The van der Waals surface area contributed by atoms with Crippen molar-refractivity contribution in [2.24, 2.45) is 0 Å². The molecule has 3 nitrogen and oxygen atoms in total. The lowest BCUT2D eigenvalue weighted by molar-refractivity contribution is -0.119. The molecule has 0 saturated heterocycles. The van der Waals surface area contributed by atoms with E-state index in [0.717, 1.165) is 16.0 Å². The monoisotopic (exact) mass is 357 g/mol. The van der Waals surface area contributed by atoms with Crippen molar-refractivity contribution in [3.63, 3.8) is 0 Å². The first kappa shape index (κ1) is 17.0. The molecule has 0 saturated carbocycles. The summed E-state index contributed by atoms with van der Waals surface area (Å²) >= 11 is 2.95. The van der Waals surface area contributed by atoms with Gasteiger partial charge in [0.1, 0.15) is 0 Å². The lowest BCUT2D eigenvalue weighted by Crippen LogP contribution is -2.31. The van der Waals surface area contributed by atoms with E-state index in [4.69, 9.17) is 0 Å². The molecule has 0 aliphatic carbocycles. The summed E-state index contributed by atoms with van der Waals surface area (Å²) in [4.78, 5) is 28.8. The normalized spacial score (nSPS) is 15.1. The molecule has 1 aliphatic rings. The smallest absolute Gasteiger partial charge is 0.268 e. The van der Waals surface area contributed by atoms with Crippen LogP contribution in [0.25, 0.3) is 5.57 Å². The highest BCUT2D eigenvalue weighted by Crippen LogP contribution is 2.41. The molecule has 2 heterocycles. The lowest BCUT2D eigenvalue weighted by atomic mass is 10.1. The van der Waals surface area contributed by atoms with E-state index in [1.165, 1.54) is 28.0 Å².